The van der Waals surface area contributed by atoms with Crippen LogP contribution in [0.4, 0.5) is 5.69 Å². The molecule has 1 aliphatic heterocycles. The van der Waals surface area contributed by atoms with Crippen molar-refractivity contribution < 1.29 is 4.74 Å². The molecule has 5 nitrogen and oxygen atoms in total. The maximum atomic E-state index is 6.04. The zero-order valence-electron chi connectivity index (χ0n) is 12.6. The Balaban J connectivity index is 2.02. The van der Waals surface area contributed by atoms with E-state index < -0.39 is 0 Å². The number of morpholine rings is 1. The number of rotatable bonds is 3. The fraction of sp³-hybridized carbons (Fsp3) is 0.533. The Morgan fingerprint density at radius 2 is 2.05 bits per heavy atom. The molecule has 110 valence electrons. The zero-order valence-corrected chi connectivity index (χ0v) is 12.6. The summed E-state index contributed by atoms with van der Waals surface area (Å²) in [5, 5.41) is 0. The largest absolute Gasteiger partial charge is 0.378 e. The van der Waals surface area contributed by atoms with Crippen molar-refractivity contribution in [2.24, 2.45) is 10.7 Å². The van der Waals surface area contributed by atoms with Crippen molar-refractivity contribution in [3.05, 3.63) is 29.3 Å². The number of nitrogens with two attached hydrogens (primary N) is 1. The van der Waals surface area contributed by atoms with E-state index in [2.05, 4.69) is 39.9 Å². The molecule has 5 heteroatoms. The number of aliphatic imine (C=N–C) groups is 1. The Bertz CT molecular complexity index is 479. The minimum absolute atomic E-state index is 0.615. The number of benzene rings is 1. The van der Waals surface area contributed by atoms with E-state index in [4.69, 9.17) is 10.5 Å². The van der Waals surface area contributed by atoms with Crippen LogP contribution in [0.15, 0.2) is 23.2 Å². The van der Waals surface area contributed by atoms with Crippen LogP contribution in [0.5, 0.6) is 0 Å². The Kier molecular flexibility index (Phi) is 4.84. The summed E-state index contributed by atoms with van der Waals surface area (Å²) in [6.07, 6.45) is 0. The smallest absolute Gasteiger partial charge is 0.191 e. The summed E-state index contributed by atoms with van der Waals surface area (Å²) in [5.74, 6) is 0.615. The van der Waals surface area contributed by atoms with Gasteiger partial charge in [-0.1, -0.05) is 6.07 Å². The molecule has 0 spiro atoms. The average Bonchev–Trinajstić information content (AvgIpc) is 2.46. The molecule has 0 radical (unpaired) electrons. The lowest BCUT2D eigenvalue weighted by Crippen LogP contribution is -2.44. The standard InChI is InChI=1S/C15H24N4O/c1-12-10-14(18(2)3)5-4-13(12)11-17-15(16)19-6-8-20-9-7-19/h4-5,10H,6-9,11H2,1-3H3,(H2,16,17). The van der Waals surface area contributed by atoms with Gasteiger partial charge in [-0.15, -0.1) is 0 Å². The van der Waals surface area contributed by atoms with E-state index in [1.807, 2.05) is 14.1 Å². The summed E-state index contributed by atoms with van der Waals surface area (Å²) < 4.78 is 5.31. The Labute approximate surface area is 121 Å². The van der Waals surface area contributed by atoms with Gasteiger partial charge in [-0.05, 0) is 30.2 Å². The van der Waals surface area contributed by atoms with Gasteiger partial charge >= 0.3 is 0 Å². The number of aryl methyl sites for hydroxylation is 1. The molecular weight excluding hydrogens is 252 g/mol. The summed E-state index contributed by atoms with van der Waals surface area (Å²) in [6.45, 7) is 5.85. The first-order valence-corrected chi connectivity index (χ1v) is 6.97. The molecule has 0 atom stereocenters. The summed E-state index contributed by atoms with van der Waals surface area (Å²) in [4.78, 5) is 8.68. The molecule has 0 saturated carbocycles. The van der Waals surface area contributed by atoms with Crippen molar-refractivity contribution in [3.8, 4) is 0 Å². The first-order valence-electron chi connectivity index (χ1n) is 6.97. The van der Waals surface area contributed by atoms with E-state index in [9.17, 15) is 0 Å². The van der Waals surface area contributed by atoms with Gasteiger partial charge in [0.05, 0.1) is 19.8 Å². The van der Waals surface area contributed by atoms with Gasteiger partial charge in [-0.2, -0.15) is 0 Å². The van der Waals surface area contributed by atoms with Crippen LogP contribution < -0.4 is 10.6 Å². The number of ether oxygens (including phenoxy) is 1. The summed E-state index contributed by atoms with van der Waals surface area (Å²) in [7, 11) is 4.09. The van der Waals surface area contributed by atoms with E-state index in [1.54, 1.807) is 0 Å². The number of anilines is 1. The Hall–Kier alpha value is -1.75. The lowest BCUT2D eigenvalue weighted by Gasteiger charge is -2.27. The third kappa shape index (κ3) is 3.63. The molecule has 0 amide bonds. The second-order valence-electron chi connectivity index (χ2n) is 5.28. The molecule has 0 bridgehead atoms. The lowest BCUT2D eigenvalue weighted by atomic mass is 10.1. The van der Waals surface area contributed by atoms with Crippen LogP contribution in [-0.4, -0.2) is 51.3 Å². The molecular formula is C15H24N4O. The van der Waals surface area contributed by atoms with Crippen LogP contribution in [0.25, 0.3) is 0 Å². The second-order valence-corrected chi connectivity index (χ2v) is 5.28. The van der Waals surface area contributed by atoms with E-state index in [0.29, 0.717) is 12.5 Å². The quantitative estimate of drug-likeness (QED) is 0.666. The van der Waals surface area contributed by atoms with Crippen molar-refractivity contribution in [1.29, 1.82) is 0 Å². The van der Waals surface area contributed by atoms with Crippen molar-refractivity contribution in [3.63, 3.8) is 0 Å². The molecule has 2 rings (SSSR count). The van der Waals surface area contributed by atoms with Crippen LogP contribution in [0, 0.1) is 6.92 Å². The van der Waals surface area contributed by atoms with Crippen LogP contribution in [-0.2, 0) is 11.3 Å². The van der Waals surface area contributed by atoms with Gasteiger partial charge in [0.15, 0.2) is 5.96 Å². The third-order valence-electron chi connectivity index (χ3n) is 3.59. The third-order valence-corrected chi connectivity index (χ3v) is 3.59. The molecule has 1 heterocycles. The molecule has 20 heavy (non-hydrogen) atoms. The maximum Gasteiger partial charge on any atom is 0.191 e. The van der Waals surface area contributed by atoms with Gasteiger partial charge in [0.2, 0.25) is 0 Å². The zero-order chi connectivity index (χ0) is 14.5. The first kappa shape index (κ1) is 14.7. The average molecular weight is 276 g/mol. The molecule has 0 aromatic heterocycles. The van der Waals surface area contributed by atoms with Crippen LogP contribution in [0.3, 0.4) is 0 Å². The summed E-state index contributed by atoms with van der Waals surface area (Å²) in [5.41, 5.74) is 9.70. The number of hydrogen-bond donors (Lipinski definition) is 1. The second kappa shape index (κ2) is 6.61. The van der Waals surface area contributed by atoms with Gasteiger partial charge in [0.25, 0.3) is 0 Å². The predicted molar refractivity (Wildman–Crippen MR) is 83.2 cm³/mol. The molecule has 1 saturated heterocycles. The van der Waals surface area contributed by atoms with Crippen molar-refractivity contribution in [2.45, 2.75) is 13.5 Å². The monoisotopic (exact) mass is 276 g/mol. The normalized spacial score (nSPS) is 16.4. The highest BCUT2D eigenvalue weighted by molar-refractivity contribution is 5.78. The number of hydrogen-bond acceptors (Lipinski definition) is 3. The Morgan fingerprint density at radius 1 is 1.35 bits per heavy atom. The molecule has 1 fully saturated rings. The SMILES string of the molecule is Cc1cc(N(C)C)ccc1CN=C(N)N1CCOCC1. The molecule has 0 unspecified atom stereocenters. The van der Waals surface area contributed by atoms with Gasteiger partial charge < -0.3 is 20.3 Å². The molecule has 1 aliphatic rings. The topological polar surface area (TPSA) is 54.1 Å². The molecule has 2 N–H and O–H groups in total. The minimum atomic E-state index is 0.615. The van der Waals surface area contributed by atoms with Crippen molar-refractivity contribution in [2.75, 3.05) is 45.3 Å². The van der Waals surface area contributed by atoms with Gasteiger partial charge in [-0.25, -0.2) is 4.99 Å². The van der Waals surface area contributed by atoms with Crippen molar-refractivity contribution >= 4 is 11.6 Å². The van der Waals surface area contributed by atoms with Gasteiger partial charge in [0.1, 0.15) is 0 Å². The predicted octanol–water partition coefficient (Wildman–Crippen LogP) is 1.21. The minimum Gasteiger partial charge on any atom is -0.378 e. The first-order chi connectivity index (χ1) is 9.58. The van der Waals surface area contributed by atoms with Gasteiger partial charge in [0, 0.05) is 32.9 Å². The van der Waals surface area contributed by atoms with Gasteiger partial charge in [-0.3, -0.25) is 0 Å². The Morgan fingerprint density at radius 3 is 2.65 bits per heavy atom. The van der Waals surface area contributed by atoms with E-state index in [1.165, 1.54) is 16.8 Å². The van der Waals surface area contributed by atoms with Crippen molar-refractivity contribution in [1.82, 2.24) is 4.90 Å². The fourth-order valence-corrected chi connectivity index (χ4v) is 2.19. The highest BCUT2D eigenvalue weighted by Crippen LogP contribution is 2.18. The lowest BCUT2D eigenvalue weighted by molar-refractivity contribution is 0.0674. The molecule has 0 aliphatic carbocycles. The number of guanidine groups is 1. The molecule has 1 aromatic carbocycles. The highest BCUT2D eigenvalue weighted by atomic mass is 16.5. The van der Waals surface area contributed by atoms with Crippen LogP contribution >= 0.6 is 0 Å². The maximum absolute atomic E-state index is 6.04. The van der Waals surface area contributed by atoms with E-state index in [-0.39, 0.29) is 0 Å². The summed E-state index contributed by atoms with van der Waals surface area (Å²) in [6, 6.07) is 6.42. The highest BCUT2D eigenvalue weighted by Gasteiger charge is 2.12. The summed E-state index contributed by atoms with van der Waals surface area (Å²) >= 11 is 0. The van der Waals surface area contributed by atoms with Crippen LogP contribution in [0.1, 0.15) is 11.1 Å². The van der Waals surface area contributed by atoms with E-state index in [0.717, 1.165) is 26.3 Å². The number of nitrogens with zero attached hydrogens (tertiary/aromatic N) is 3. The van der Waals surface area contributed by atoms with E-state index >= 15 is 0 Å². The fourth-order valence-electron chi connectivity index (χ4n) is 2.19. The molecule has 1 aromatic rings. The van der Waals surface area contributed by atoms with Crippen LogP contribution in [0.2, 0.25) is 0 Å².